The largest absolute Gasteiger partial charge is 0.357 e. The molecule has 0 aliphatic carbocycles. The maximum absolute atomic E-state index is 4.63. The minimum absolute atomic E-state index is 0.675. The molecule has 1 aromatic rings. The van der Waals surface area contributed by atoms with E-state index in [0.29, 0.717) is 6.04 Å². The van der Waals surface area contributed by atoms with E-state index in [4.69, 9.17) is 0 Å². The highest BCUT2D eigenvalue weighted by atomic mass is 32.2. The van der Waals surface area contributed by atoms with Crippen LogP contribution in [0.2, 0.25) is 0 Å². The van der Waals surface area contributed by atoms with Gasteiger partial charge < -0.3 is 9.80 Å². The number of aromatic nitrogens is 1. The highest BCUT2D eigenvalue weighted by Crippen LogP contribution is 2.25. The summed E-state index contributed by atoms with van der Waals surface area (Å²) >= 11 is 1.84. The standard InChI is InChI=1S/C16H27N3S/c1-13(18(2)3)15-7-9-19(10-8-15)16-6-5-14(11-17-16)12-20-4/h5-6,11,13,15H,7-10,12H2,1-4H3/t13-/m0/s1. The third-order valence-corrected chi connectivity index (χ3v) is 5.10. The maximum atomic E-state index is 4.63. The Balaban J connectivity index is 1.90. The van der Waals surface area contributed by atoms with Crippen LogP contribution in [0.15, 0.2) is 18.3 Å². The van der Waals surface area contributed by atoms with Crippen LogP contribution in [0.5, 0.6) is 0 Å². The number of anilines is 1. The fraction of sp³-hybridized carbons (Fsp3) is 0.688. The zero-order valence-electron chi connectivity index (χ0n) is 13.2. The molecule has 0 radical (unpaired) electrons. The minimum atomic E-state index is 0.675. The van der Waals surface area contributed by atoms with E-state index >= 15 is 0 Å². The van der Waals surface area contributed by atoms with Crippen LogP contribution >= 0.6 is 11.8 Å². The molecule has 1 aliphatic heterocycles. The van der Waals surface area contributed by atoms with Gasteiger partial charge in [0.1, 0.15) is 5.82 Å². The van der Waals surface area contributed by atoms with Gasteiger partial charge in [0.15, 0.2) is 0 Å². The second kappa shape index (κ2) is 7.32. The minimum Gasteiger partial charge on any atom is -0.357 e. The summed E-state index contributed by atoms with van der Waals surface area (Å²) in [6.07, 6.45) is 6.70. The lowest BCUT2D eigenvalue weighted by Crippen LogP contribution is -2.41. The van der Waals surface area contributed by atoms with Crippen LogP contribution in [-0.2, 0) is 5.75 Å². The molecule has 1 saturated heterocycles. The molecule has 2 rings (SSSR count). The fourth-order valence-corrected chi connectivity index (χ4v) is 3.39. The molecule has 1 aliphatic rings. The van der Waals surface area contributed by atoms with Crippen LogP contribution in [0.4, 0.5) is 5.82 Å². The number of hydrogen-bond acceptors (Lipinski definition) is 4. The molecule has 1 fully saturated rings. The highest BCUT2D eigenvalue weighted by Gasteiger charge is 2.25. The van der Waals surface area contributed by atoms with Crippen LogP contribution in [-0.4, -0.2) is 49.4 Å². The Morgan fingerprint density at radius 1 is 1.35 bits per heavy atom. The van der Waals surface area contributed by atoms with E-state index in [1.54, 1.807) is 0 Å². The highest BCUT2D eigenvalue weighted by molar-refractivity contribution is 7.97. The number of nitrogens with zero attached hydrogens (tertiary/aromatic N) is 3. The number of thioether (sulfide) groups is 1. The summed E-state index contributed by atoms with van der Waals surface area (Å²) < 4.78 is 0. The Labute approximate surface area is 127 Å². The average Bonchev–Trinajstić information content (AvgIpc) is 2.48. The first-order valence-electron chi connectivity index (χ1n) is 7.47. The Morgan fingerprint density at radius 3 is 2.55 bits per heavy atom. The summed E-state index contributed by atoms with van der Waals surface area (Å²) in [4.78, 5) is 9.40. The molecule has 0 N–H and O–H groups in total. The van der Waals surface area contributed by atoms with E-state index in [1.165, 1.54) is 18.4 Å². The van der Waals surface area contributed by atoms with E-state index in [-0.39, 0.29) is 0 Å². The third kappa shape index (κ3) is 3.89. The summed E-state index contributed by atoms with van der Waals surface area (Å²) in [6, 6.07) is 5.07. The Hall–Kier alpha value is -0.740. The van der Waals surface area contributed by atoms with Gasteiger partial charge in [0.2, 0.25) is 0 Å². The molecular formula is C16H27N3S. The molecule has 0 amide bonds. The molecule has 1 atom stereocenters. The lowest BCUT2D eigenvalue weighted by Gasteiger charge is -2.37. The first kappa shape index (κ1) is 15.6. The fourth-order valence-electron chi connectivity index (χ4n) is 2.89. The molecule has 0 spiro atoms. The Bertz CT molecular complexity index is 397. The van der Waals surface area contributed by atoms with Gasteiger partial charge in [-0.05, 0) is 57.7 Å². The Kier molecular flexibility index (Phi) is 5.73. The SMILES string of the molecule is CSCc1ccc(N2CCC([C@H](C)N(C)C)CC2)nc1. The monoisotopic (exact) mass is 293 g/mol. The van der Waals surface area contributed by atoms with Gasteiger partial charge in [-0.2, -0.15) is 11.8 Å². The molecule has 3 nitrogen and oxygen atoms in total. The molecule has 0 unspecified atom stereocenters. The van der Waals surface area contributed by atoms with Crippen molar-refractivity contribution in [2.75, 3.05) is 38.3 Å². The quantitative estimate of drug-likeness (QED) is 0.830. The predicted molar refractivity (Wildman–Crippen MR) is 89.5 cm³/mol. The van der Waals surface area contributed by atoms with Crippen LogP contribution in [0.3, 0.4) is 0 Å². The van der Waals surface area contributed by atoms with Crippen molar-refractivity contribution in [3.63, 3.8) is 0 Å². The molecule has 1 aromatic heterocycles. The van der Waals surface area contributed by atoms with Gasteiger partial charge in [-0.1, -0.05) is 6.07 Å². The summed E-state index contributed by atoms with van der Waals surface area (Å²) in [5, 5.41) is 0. The molecule has 112 valence electrons. The second-order valence-corrected chi connectivity index (χ2v) is 6.85. The van der Waals surface area contributed by atoms with E-state index in [0.717, 1.165) is 30.6 Å². The summed E-state index contributed by atoms with van der Waals surface area (Å²) in [6.45, 7) is 4.62. The lowest BCUT2D eigenvalue weighted by atomic mass is 9.90. The number of hydrogen-bond donors (Lipinski definition) is 0. The van der Waals surface area contributed by atoms with Crippen LogP contribution in [0.25, 0.3) is 0 Å². The van der Waals surface area contributed by atoms with Gasteiger partial charge in [-0.15, -0.1) is 0 Å². The van der Waals surface area contributed by atoms with Crippen LogP contribution in [0, 0.1) is 5.92 Å². The van der Waals surface area contributed by atoms with Crippen molar-refractivity contribution in [2.45, 2.75) is 31.6 Å². The van der Waals surface area contributed by atoms with E-state index in [2.05, 4.69) is 54.2 Å². The Morgan fingerprint density at radius 2 is 2.05 bits per heavy atom. The molecule has 0 aromatic carbocycles. The molecule has 0 saturated carbocycles. The van der Waals surface area contributed by atoms with Gasteiger partial charge >= 0.3 is 0 Å². The number of piperidine rings is 1. The van der Waals surface area contributed by atoms with E-state index in [9.17, 15) is 0 Å². The van der Waals surface area contributed by atoms with Crippen molar-refractivity contribution >= 4 is 17.6 Å². The van der Waals surface area contributed by atoms with Crippen molar-refractivity contribution in [1.29, 1.82) is 0 Å². The molecule has 20 heavy (non-hydrogen) atoms. The first-order valence-corrected chi connectivity index (χ1v) is 8.86. The number of pyridine rings is 1. The van der Waals surface area contributed by atoms with E-state index < -0.39 is 0 Å². The molecule has 4 heteroatoms. The zero-order valence-corrected chi connectivity index (χ0v) is 14.0. The summed E-state index contributed by atoms with van der Waals surface area (Å²) in [5.41, 5.74) is 1.32. The van der Waals surface area contributed by atoms with Gasteiger partial charge in [-0.25, -0.2) is 4.98 Å². The molecular weight excluding hydrogens is 266 g/mol. The lowest BCUT2D eigenvalue weighted by molar-refractivity contribution is 0.199. The second-order valence-electron chi connectivity index (χ2n) is 5.99. The van der Waals surface area contributed by atoms with Gasteiger partial charge in [0.25, 0.3) is 0 Å². The van der Waals surface area contributed by atoms with Gasteiger partial charge in [-0.3, -0.25) is 0 Å². The smallest absolute Gasteiger partial charge is 0.128 e. The first-order chi connectivity index (χ1) is 9.61. The van der Waals surface area contributed by atoms with Crippen molar-refractivity contribution in [3.8, 4) is 0 Å². The normalized spacial score (nSPS) is 18.6. The number of rotatable bonds is 5. The summed E-state index contributed by atoms with van der Waals surface area (Å²) in [7, 11) is 4.37. The third-order valence-electron chi connectivity index (χ3n) is 4.48. The predicted octanol–water partition coefficient (Wildman–Crippen LogP) is 3.11. The zero-order chi connectivity index (χ0) is 14.5. The van der Waals surface area contributed by atoms with Crippen molar-refractivity contribution in [2.24, 2.45) is 5.92 Å². The average molecular weight is 293 g/mol. The van der Waals surface area contributed by atoms with Crippen LogP contribution < -0.4 is 4.90 Å². The van der Waals surface area contributed by atoms with Crippen LogP contribution in [0.1, 0.15) is 25.3 Å². The molecule has 2 heterocycles. The van der Waals surface area contributed by atoms with Crippen molar-refractivity contribution in [3.05, 3.63) is 23.9 Å². The molecule has 0 bridgehead atoms. The van der Waals surface area contributed by atoms with Gasteiger partial charge in [0, 0.05) is 31.1 Å². The topological polar surface area (TPSA) is 19.4 Å². The maximum Gasteiger partial charge on any atom is 0.128 e. The van der Waals surface area contributed by atoms with Gasteiger partial charge in [0.05, 0.1) is 0 Å². The van der Waals surface area contributed by atoms with E-state index in [1.807, 2.05) is 18.0 Å². The summed E-state index contributed by atoms with van der Waals surface area (Å²) in [5.74, 6) is 3.01. The van der Waals surface area contributed by atoms with Crippen molar-refractivity contribution in [1.82, 2.24) is 9.88 Å². The van der Waals surface area contributed by atoms with Crippen molar-refractivity contribution < 1.29 is 0 Å².